The van der Waals surface area contributed by atoms with Gasteiger partial charge in [-0.1, -0.05) is 0 Å². The highest BCUT2D eigenvalue weighted by atomic mass is 15.4. The number of rotatable bonds is 3. The molecule has 0 aromatic carbocycles. The van der Waals surface area contributed by atoms with Crippen LogP contribution in [0.3, 0.4) is 0 Å². The van der Waals surface area contributed by atoms with Gasteiger partial charge in [-0.2, -0.15) is 5.10 Å². The number of anilines is 2. The summed E-state index contributed by atoms with van der Waals surface area (Å²) in [5, 5.41) is 7.59. The van der Waals surface area contributed by atoms with Crippen LogP contribution in [0.2, 0.25) is 0 Å². The molecule has 1 aliphatic rings. The molecule has 1 N–H and O–H groups in total. The molecule has 2 aromatic rings. The van der Waals surface area contributed by atoms with Crippen LogP contribution in [0.15, 0.2) is 12.4 Å². The Labute approximate surface area is 124 Å². The lowest BCUT2D eigenvalue weighted by Gasteiger charge is -2.33. The largest absolute Gasteiger partial charge is 0.373 e. The maximum Gasteiger partial charge on any atom is 0.147 e. The van der Waals surface area contributed by atoms with Gasteiger partial charge in [-0.05, 0) is 26.7 Å². The fourth-order valence-corrected chi connectivity index (χ4v) is 2.90. The zero-order chi connectivity index (χ0) is 14.8. The average molecular weight is 287 g/mol. The van der Waals surface area contributed by atoms with Crippen molar-refractivity contribution < 1.29 is 0 Å². The topological polar surface area (TPSA) is 71.8 Å². The molecule has 7 heteroatoms. The molecule has 2 aromatic heterocycles. The zero-order valence-electron chi connectivity index (χ0n) is 12.7. The van der Waals surface area contributed by atoms with E-state index in [9.17, 15) is 0 Å². The minimum absolute atomic E-state index is 0.355. The van der Waals surface area contributed by atoms with Gasteiger partial charge in [0.15, 0.2) is 0 Å². The molecule has 21 heavy (non-hydrogen) atoms. The summed E-state index contributed by atoms with van der Waals surface area (Å²) in [6, 6.07) is 2.34. The fraction of sp³-hybridized carbons (Fsp3) is 0.571. The maximum absolute atomic E-state index is 4.53. The summed E-state index contributed by atoms with van der Waals surface area (Å²) in [6.07, 6.45) is 3.86. The van der Waals surface area contributed by atoms with Gasteiger partial charge in [-0.25, -0.2) is 19.6 Å². The van der Waals surface area contributed by atoms with Crippen LogP contribution in [-0.4, -0.2) is 44.9 Å². The quantitative estimate of drug-likeness (QED) is 0.924. The van der Waals surface area contributed by atoms with Crippen molar-refractivity contribution in [2.45, 2.75) is 32.7 Å². The molecule has 0 radical (unpaired) electrons. The van der Waals surface area contributed by atoms with Crippen LogP contribution in [0.5, 0.6) is 0 Å². The first-order chi connectivity index (χ1) is 10.2. The first-order valence-corrected chi connectivity index (χ1v) is 7.32. The third-order valence-electron chi connectivity index (χ3n) is 3.88. The Kier molecular flexibility index (Phi) is 3.72. The second-order valence-electron chi connectivity index (χ2n) is 5.40. The maximum atomic E-state index is 4.53. The molecule has 0 aliphatic carbocycles. The summed E-state index contributed by atoms with van der Waals surface area (Å²) in [5.74, 6) is 3.63. The molecule has 0 amide bonds. The highest BCUT2D eigenvalue weighted by Crippen LogP contribution is 2.26. The Morgan fingerprint density at radius 3 is 2.86 bits per heavy atom. The molecule has 0 saturated carbocycles. The van der Waals surface area contributed by atoms with Crippen molar-refractivity contribution >= 4 is 11.6 Å². The van der Waals surface area contributed by atoms with Crippen LogP contribution in [0.25, 0.3) is 0 Å². The molecule has 3 rings (SSSR count). The van der Waals surface area contributed by atoms with Crippen molar-refractivity contribution in [1.29, 1.82) is 0 Å². The van der Waals surface area contributed by atoms with Crippen LogP contribution >= 0.6 is 0 Å². The van der Waals surface area contributed by atoms with Crippen molar-refractivity contribution in [1.82, 2.24) is 24.7 Å². The second kappa shape index (κ2) is 5.67. The summed E-state index contributed by atoms with van der Waals surface area (Å²) in [5.41, 5.74) is 0. The number of piperidine rings is 1. The Bertz CT molecular complexity index is 622. The number of nitrogens with one attached hydrogen (secondary N) is 1. The highest BCUT2D eigenvalue weighted by Gasteiger charge is 2.24. The SMILES string of the molecule is CNc1cc(N2CCCC(n3nc(C)nc3C)C2)ncn1. The van der Waals surface area contributed by atoms with Crippen molar-refractivity contribution in [3.8, 4) is 0 Å². The van der Waals surface area contributed by atoms with Crippen LogP contribution in [0.1, 0.15) is 30.5 Å². The number of hydrogen-bond donors (Lipinski definition) is 1. The predicted octanol–water partition coefficient (Wildman–Crippen LogP) is 1.57. The van der Waals surface area contributed by atoms with Gasteiger partial charge < -0.3 is 10.2 Å². The molecule has 7 nitrogen and oxygen atoms in total. The lowest BCUT2D eigenvalue weighted by Crippen LogP contribution is -2.37. The number of aryl methyl sites for hydroxylation is 2. The van der Waals surface area contributed by atoms with Gasteiger partial charge in [0.25, 0.3) is 0 Å². The third-order valence-corrected chi connectivity index (χ3v) is 3.88. The van der Waals surface area contributed by atoms with E-state index in [-0.39, 0.29) is 0 Å². The molecule has 112 valence electrons. The number of hydrogen-bond acceptors (Lipinski definition) is 6. The van der Waals surface area contributed by atoms with E-state index in [1.807, 2.05) is 27.0 Å². The standard InChI is InChI=1S/C14H21N7/c1-10-18-11(2)21(19-10)12-5-4-6-20(8-12)14-7-13(15-3)16-9-17-14/h7,9,12H,4-6,8H2,1-3H3,(H,15,16,17). The van der Waals surface area contributed by atoms with Gasteiger partial charge >= 0.3 is 0 Å². The van der Waals surface area contributed by atoms with E-state index in [4.69, 9.17) is 0 Å². The minimum atomic E-state index is 0.355. The summed E-state index contributed by atoms with van der Waals surface area (Å²) >= 11 is 0. The van der Waals surface area contributed by atoms with Crippen molar-refractivity contribution in [3.63, 3.8) is 0 Å². The third kappa shape index (κ3) is 2.81. The van der Waals surface area contributed by atoms with Gasteiger partial charge in [0.2, 0.25) is 0 Å². The van der Waals surface area contributed by atoms with Crippen LogP contribution in [0, 0.1) is 13.8 Å². The monoisotopic (exact) mass is 287 g/mol. The van der Waals surface area contributed by atoms with Gasteiger partial charge in [0.05, 0.1) is 6.04 Å². The number of nitrogens with zero attached hydrogens (tertiary/aromatic N) is 6. The first-order valence-electron chi connectivity index (χ1n) is 7.32. The van der Waals surface area contributed by atoms with Crippen molar-refractivity contribution in [2.24, 2.45) is 0 Å². The predicted molar refractivity (Wildman–Crippen MR) is 81.6 cm³/mol. The fourth-order valence-electron chi connectivity index (χ4n) is 2.90. The summed E-state index contributed by atoms with van der Waals surface area (Å²) in [7, 11) is 1.87. The minimum Gasteiger partial charge on any atom is -0.373 e. The van der Waals surface area contributed by atoms with E-state index in [0.29, 0.717) is 6.04 Å². The summed E-state index contributed by atoms with van der Waals surface area (Å²) in [4.78, 5) is 15.3. The van der Waals surface area contributed by atoms with Crippen LogP contribution in [0.4, 0.5) is 11.6 Å². The molecular weight excluding hydrogens is 266 g/mol. The van der Waals surface area contributed by atoms with Gasteiger partial charge in [0, 0.05) is 26.2 Å². The van der Waals surface area contributed by atoms with Gasteiger partial charge in [0.1, 0.15) is 29.6 Å². The highest BCUT2D eigenvalue weighted by molar-refractivity contribution is 5.48. The number of aromatic nitrogens is 5. The second-order valence-corrected chi connectivity index (χ2v) is 5.40. The van der Waals surface area contributed by atoms with E-state index >= 15 is 0 Å². The van der Waals surface area contributed by atoms with Crippen LogP contribution < -0.4 is 10.2 Å². The van der Waals surface area contributed by atoms with Crippen molar-refractivity contribution in [2.75, 3.05) is 30.4 Å². The smallest absolute Gasteiger partial charge is 0.147 e. The Hall–Kier alpha value is -2.18. The van der Waals surface area contributed by atoms with E-state index in [0.717, 1.165) is 49.2 Å². The van der Waals surface area contributed by atoms with E-state index in [2.05, 4.69) is 34.9 Å². The molecule has 3 heterocycles. The normalized spacial score (nSPS) is 18.8. The Morgan fingerprint density at radius 1 is 1.29 bits per heavy atom. The van der Waals surface area contributed by atoms with E-state index < -0.39 is 0 Å². The average Bonchev–Trinajstić information content (AvgIpc) is 2.86. The zero-order valence-corrected chi connectivity index (χ0v) is 12.7. The van der Waals surface area contributed by atoms with E-state index in [1.165, 1.54) is 0 Å². The molecule has 1 fully saturated rings. The lowest BCUT2D eigenvalue weighted by atomic mass is 10.1. The molecular formula is C14H21N7. The van der Waals surface area contributed by atoms with Gasteiger partial charge in [-0.3, -0.25) is 0 Å². The Morgan fingerprint density at radius 2 is 2.14 bits per heavy atom. The van der Waals surface area contributed by atoms with Crippen LogP contribution in [-0.2, 0) is 0 Å². The van der Waals surface area contributed by atoms with E-state index in [1.54, 1.807) is 6.33 Å². The molecule has 1 aliphatic heterocycles. The van der Waals surface area contributed by atoms with Gasteiger partial charge in [-0.15, -0.1) is 0 Å². The summed E-state index contributed by atoms with van der Waals surface area (Å²) < 4.78 is 2.06. The Balaban J connectivity index is 1.80. The molecule has 1 unspecified atom stereocenters. The lowest BCUT2D eigenvalue weighted by molar-refractivity contribution is 0.367. The molecule has 0 bridgehead atoms. The molecule has 0 spiro atoms. The summed E-state index contributed by atoms with van der Waals surface area (Å²) in [6.45, 7) is 5.88. The molecule has 1 saturated heterocycles. The van der Waals surface area contributed by atoms with Crippen molar-refractivity contribution in [3.05, 3.63) is 24.0 Å². The first kappa shape index (κ1) is 13.8. The molecule has 1 atom stereocenters.